The Balaban J connectivity index is 0.00000324. The van der Waals surface area contributed by atoms with E-state index in [2.05, 4.69) is 56.9 Å². The maximum atomic E-state index is 5.74. The Bertz CT molecular complexity index is 326. The fourth-order valence-electron chi connectivity index (χ4n) is 2.00. The van der Waals surface area contributed by atoms with E-state index in [0.717, 1.165) is 26.3 Å². The summed E-state index contributed by atoms with van der Waals surface area (Å²) in [6.45, 7) is 12.5. The van der Waals surface area contributed by atoms with Gasteiger partial charge in [0.15, 0.2) is 0 Å². The van der Waals surface area contributed by atoms with Crippen molar-refractivity contribution in [3.8, 4) is 0 Å². The van der Waals surface area contributed by atoms with E-state index in [1.54, 1.807) is 0 Å². The molecule has 0 N–H and O–H groups in total. The Kier molecular flexibility index (Phi) is 10.6. The zero-order valence-corrected chi connectivity index (χ0v) is 14.8. The average molecular weight is 376 g/mol. The topological polar surface area (TPSA) is 12.5 Å². The van der Waals surface area contributed by atoms with E-state index in [4.69, 9.17) is 4.74 Å². The first-order valence-electron chi connectivity index (χ1n) is 7.04. The molecule has 0 aliphatic carbocycles. The summed E-state index contributed by atoms with van der Waals surface area (Å²) in [4.78, 5) is 2.47. The molecule has 1 unspecified atom stereocenters. The molecule has 0 bridgehead atoms. The van der Waals surface area contributed by atoms with Crippen LogP contribution in [0.25, 0.3) is 0 Å². The summed E-state index contributed by atoms with van der Waals surface area (Å²) in [5.74, 6) is 0. The number of rotatable bonds is 8. The summed E-state index contributed by atoms with van der Waals surface area (Å²) in [6, 6.07) is 9.20. The number of likely N-dealkylation sites (N-methyl/N-ethyl adjacent to an activating group) is 1. The first kappa shape index (κ1) is 18.9. The van der Waals surface area contributed by atoms with Crippen molar-refractivity contribution in [1.29, 1.82) is 0 Å². The first-order chi connectivity index (χ1) is 8.67. The summed E-state index contributed by atoms with van der Waals surface area (Å²) in [6.07, 6.45) is 1.20. The summed E-state index contributed by atoms with van der Waals surface area (Å²) in [5.41, 5.74) is 2.56. The molecule has 1 rings (SSSR count). The molecule has 0 aliphatic heterocycles. The lowest BCUT2D eigenvalue weighted by Crippen LogP contribution is -3.00. The monoisotopic (exact) mass is 376 g/mol. The van der Waals surface area contributed by atoms with Gasteiger partial charge in [0.25, 0.3) is 0 Å². The van der Waals surface area contributed by atoms with Gasteiger partial charge in [0.1, 0.15) is 0 Å². The van der Waals surface area contributed by atoms with Crippen molar-refractivity contribution < 1.29 is 28.7 Å². The van der Waals surface area contributed by atoms with Gasteiger partial charge in [-0.3, -0.25) is 4.90 Å². The van der Waals surface area contributed by atoms with Gasteiger partial charge < -0.3 is 28.7 Å². The standard InChI is InChI=1S/C16H27NO.HI/c1-5-15(4)17(6-2)11-12-18-13-16-9-7-14(3)8-10-16;/h7-10,15H,5-6,11-13H2,1-4H3;1H/p-1. The van der Waals surface area contributed by atoms with Crippen LogP contribution in [-0.4, -0.2) is 30.6 Å². The second-order valence-corrected chi connectivity index (χ2v) is 4.92. The van der Waals surface area contributed by atoms with Gasteiger partial charge in [0.2, 0.25) is 0 Å². The normalized spacial score (nSPS) is 12.3. The van der Waals surface area contributed by atoms with Crippen LogP contribution in [0.1, 0.15) is 38.3 Å². The van der Waals surface area contributed by atoms with E-state index in [9.17, 15) is 0 Å². The number of benzene rings is 1. The lowest BCUT2D eigenvalue weighted by Gasteiger charge is -2.26. The first-order valence-corrected chi connectivity index (χ1v) is 7.04. The molecule has 0 fully saturated rings. The van der Waals surface area contributed by atoms with Crippen molar-refractivity contribution in [1.82, 2.24) is 4.90 Å². The molecule has 19 heavy (non-hydrogen) atoms. The molecular formula is C16H27INO-. The zero-order valence-electron chi connectivity index (χ0n) is 12.7. The van der Waals surface area contributed by atoms with Crippen LogP contribution in [0.3, 0.4) is 0 Å². The summed E-state index contributed by atoms with van der Waals surface area (Å²) < 4.78 is 5.74. The molecule has 0 saturated carbocycles. The van der Waals surface area contributed by atoms with Crippen molar-refractivity contribution in [3.63, 3.8) is 0 Å². The molecule has 3 heteroatoms. The molecule has 0 aromatic heterocycles. The smallest absolute Gasteiger partial charge is 0.0717 e. The maximum Gasteiger partial charge on any atom is 0.0717 e. The Morgan fingerprint density at radius 1 is 1.16 bits per heavy atom. The molecule has 1 atom stereocenters. The molecule has 0 radical (unpaired) electrons. The number of hydrogen-bond acceptors (Lipinski definition) is 2. The molecular weight excluding hydrogens is 349 g/mol. The number of hydrogen-bond donors (Lipinski definition) is 0. The van der Waals surface area contributed by atoms with Crippen molar-refractivity contribution >= 4 is 0 Å². The van der Waals surface area contributed by atoms with Gasteiger partial charge in [0, 0.05) is 12.6 Å². The lowest BCUT2D eigenvalue weighted by atomic mass is 10.2. The van der Waals surface area contributed by atoms with Gasteiger partial charge in [-0.05, 0) is 32.4 Å². The third-order valence-electron chi connectivity index (χ3n) is 3.53. The van der Waals surface area contributed by atoms with Crippen LogP contribution in [0, 0.1) is 6.92 Å². The van der Waals surface area contributed by atoms with E-state index >= 15 is 0 Å². The Morgan fingerprint density at radius 3 is 2.32 bits per heavy atom. The Morgan fingerprint density at radius 2 is 1.79 bits per heavy atom. The third kappa shape index (κ3) is 7.28. The molecule has 1 aromatic rings. The van der Waals surface area contributed by atoms with Crippen LogP contribution >= 0.6 is 0 Å². The second kappa shape index (κ2) is 10.6. The number of halogens is 1. The van der Waals surface area contributed by atoms with Gasteiger partial charge in [-0.15, -0.1) is 0 Å². The van der Waals surface area contributed by atoms with E-state index in [-0.39, 0.29) is 24.0 Å². The van der Waals surface area contributed by atoms with E-state index in [1.165, 1.54) is 17.5 Å². The summed E-state index contributed by atoms with van der Waals surface area (Å²) in [5, 5.41) is 0. The predicted molar refractivity (Wildman–Crippen MR) is 77.8 cm³/mol. The SMILES string of the molecule is CCC(C)N(CC)CCOCc1ccc(C)cc1.[I-]. The van der Waals surface area contributed by atoms with Crippen LogP contribution < -0.4 is 24.0 Å². The Labute approximate surface area is 135 Å². The highest BCUT2D eigenvalue weighted by Crippen LogP contribution is 2.06. The van der Waals surface area contributed by atoms with Crippen molar-refractivity contribution in [2.75, 3.05) is 19.7 Å². The molecule has 0 saturated heterocycles. The van der Waals surface area contributed by atoms with Crippen molar-refractivity contribution in [3.05, 3.63) is 35.4 Å². The van der Waals surface area contributed by atoms with Crippen LogP contribution in [0.5, 0.6) is 0 Å². The molecule has 0 heterocycles. The quantitative estimate of drug-likeness (QED) is 0.488. The van der Waals surface area contributed by atoms with Crippen LogP contribution in [0.15, 0.2) is 24.3 Å². The summed E-state index contributed by atoms with van der Waals surface area (Å²) in [7, 11) is 0. The average Bonchev–Trinajstić information content (AvgIpc) is 2.40. The van der Waals surface area contributed by atoms with Gasteiger partial charge >= 0.3 is 0 Å². The number of nitrogens with zero attached hydrogens (tertiary/aromatic N) is 1. The van der Waals surface area contributed by atoms with Gasteiger partial charge in [0.05, 0.1) is 13.2 Å². The molecule has 2 nitrogen and oxygen atoms in total. The van der Waals surface area contributed by atoms with Crippen LogP contribution in [0.4, 0.5) is 0 Å². The fourth-order valence-corrected chi connectivity index (χ4v) is 2.00. The largest absolute Gasteiger partial charge is 1.00 e. The van der Waals surface area contributed by atoms with Crippen LogP contribution in [0.2, 0.25) is 0 Å². The third-order valence-corrected chi connectivity index (χ3v) is 3.53. The molecule has 110 valence electrons. The summed E-state index contributed by atoms with van der Waals surface area (Å²) >= 11 is 0. The van der Waals surface area contributed by atoms with E-state index in [0.29, 0.717) is 6.04 Å². The minimum absolute atomic E-state index is 0. The van der Waals surface area contributed by atoms with Crippen molar-refractivity contribution in [2.45, 2.75) is 46.8 Å². The second-order valence-electron chi connectivity index (χ2n) is 4.92. The molecule has 0 amide bonds. The molecule has 1 aromatic carbocycles. The molecule has 0 aliphatic rings. The fraction of sp³-hybridized carbons (Fsp3) is 0.625. The lowest BCUT2D eigenvalue weighted by molar-refractivity contribution is -0.00000453. The van der Waals surface area contributed by atoms with Gasteiger partial charge in [-0.25, -0.2) is 0 Å². The highest BCUT2D eigenvalue weighted by Gasteiger charge is 2.08. The number of ether oxygens (including phenoxy) is 1. The van der Waals surface area contributed by atoms with Crippen LogP contribution in [-0.2, 0) is 11.3 Å². The highest BCUT2D eigenvalue weighted by atomic mass is 127. The zero-order chi connectivity index (χ0) is 13.4. The van der Waals surface area contributed by atoms with E-state index < -0.39 is 0 Å². The van der Waals surface area contributed by atoms with Crippen molar-refractivity contribution in [2.24, 2.45) is 0 Å². The number of aryl methyl sites for hydroxylation is 1. The van der Waals surface area contributed by atoms with Gasteiger partial charge in [-0.1, -0.05) is 43.7 Å². The minimum Gasteiger partial charge on any atom is -1.00 e. The Hall–Kier alpha value is -0.130. The van der Waals surface area contributed by atoms with E-state index in [1.807, 2.05) is 0 Å². The highest BCUT2D eigenvalue weighted by molar-refractivity contribution is 5.20. The maximum absolute atomic E-state index is 5.74. The van der Waals surface area contributed by atoms with Gasteiger partial charge in [-0.2, -0.15) is 0 Å². The predicted octanol–water partition coefficient (Wildman–Crippen LogP) is 0.636. The minimum atomic E-state index is 0. The molecule has 0 spiro atoms.